The fraction of sp³-hybridized carbons (Fsp3) is 0.561. The molecule has 2 saturated heterocycles. The van der Waals surface area contributed by atoms with E-state index in [4.69, 9.17) is 4.74 Å². The molecule has 2 aromatic rings. The second-order valence-electron chi connectivity index (χ2n) is 15.1. The van der Waals surface area contributed by atoms with Crippen LogP contribution in [0.5, 0.6) is 0 Å². The monoisotopic (exact) mass is 778 g/mol. The average Bonchev–Trinajstić information content (AvgIpc) is 3.71. The predicted octanol–water partition coefficient (Wildman–Crippen LogP) is 5.23. The van der Waals surface area contributed by atoms with Gasteiger partial charge in [0.05, 0.1) is 12.1 Å². The van der Waals surface area contributed by atoms with Crippen LogP contribution in [0.15, 0.2) is 54.6 Å². The highest BCUT2D eigenvalue weighted by Gasteiger charge is 2.42. The lowest BCUT2D eigenvalue weighted by Crippen LogP contribution is -2.48. The van der Waals surface area contributed by atoms with Gasteiger partial charge in [-0.05, 0) is 77.8 Å². The van der Waals surface area contributed by atoms with E-state index in [0.717, 1.165) is 50.7 Å². The number of hydrogen-bond donors (Lipinski definition) is 6. The zero-order valence-corrected chi connectivity index (χ0v) is 33.2. The summed E-state index contributed by atoms with van der Waals surface area (Å²) in [5.74, 6) is 0.347. The van der Waals surface area contributed by atoms with Gasteiger partial charge in [-0.2, -0.15) is 11.8 Å². The first kappa shape index (κ1) is 43.1. The molecule has 0 saturated carbocycles. The molecule has 55 heavy (non-hydrogen) atoms. The van der Waals surface area contributed by atoms with E-state index in [2.05, 4.69) is 31.9 Å². The molecule has 0 bridgehead atoms. The predicted molar refractivity (Wildman–Crippen MR) is 214 cm³/mol. The topological polar surface area (TPSA) is 184 Å². The highest BCUT2D eigenvalue weighted by atomic mass is 32.2. The van der Waals surface area contributed by atoms with Gasteiger partial charge in [-0.1, -0.05) is 61.7 Å². The van der Waals surface area contributed by atoms with Crippen molar-refractivity contribution in [3.8, 4) is 0 Å². The number of thioether (sulfide) groups is 1. The number of nitrogens with one attached hydrogen (secondary N) is 6. The van der Waals surface area contributed by atoms with Crippen LogP contribution in [0.3, 0.4) is 0 Å². The molecule has 2 aromatic carbocycles. The van der Waals surface area contributed by atoms with Crippen LogP contribution < -0.4 is 31.9 Å². The summed E-state index contributed by atoms with van der Waals surface area (Å²) in [7, 11) is 0. The molecule has 6 amide bonds. The van der Waals surface area contributed by atoms with E-state index in [1.807, 2.05) is 17.8 Å². The number of fused-ring (bicyclic) bond motifs is 1. The lowest BCUT2D eigenvalue weighted by Gasteiger charge is -2.23. The molecule has 2 unspecified atom stereocenters. The first-order chi connectivity index (χ1) is 26.4. The summed E-state index contributed by atoms with van der Waals surface area (Å²) in [6.45, 7) is 6.73. The molecule has 0 radical (unpaired) electrons. The maximum atomic E-state index is 13.1. The van der Waals surface area contributed by atoms with Gasteiger partial charge in [0.2, 0.25) is 11.8 Å². The molecular weight excluding hydrogens is 721 g/mol. The Morgan fingerprint density at radius 3 is 2.11 bits per heavy atom. The molecule has 2 fully saturated rings. The van der Waals surface area contributed by atoms with Gasteiger partial charge in [0.25, 0.3) is 5.91 Å². The minimum absolute atomic E-state index is 0.0640. The number of carbonyl (C=O) groups is 6. The summed E-state index contributed by atoms with van der Waals surface area (Å²) in [5, 5.41) is 17.9. The van der Waals surface area contributed by atoms with E-state index < -0.39 is 17.7 Å². The van der Waals surface area contributed by atoms with Gasteiger partial charge >= 0.3 is 12.1 Å². The lowest BCUT2D eigenvalue weighted by molar-refractivity contribution is -0.123. The zero-order valence-electron chi connectivity index (χ0n) is 32.4. The molecule has 0 aliphatic carbocycles. The van der Waals surface area contributed by atoms with Crippen LogP contribution in [0.1, 0.15) is 118 Å². The normalized spacial score (nSPS) is 17.9. The highest BCUT2D eigenvalue weighted by Crippen LogP contribution is 2.33. The summed E-state index contributed by atoms with van der Waals surface area (Å²) < 4.78 is 5.38. The van der Waals surface area contributed by atoms with Crippen molar-refractivity contribution in [1.29, 1.82) is 0 Å². The van der Waals surface area contributed by atoms with Gasteiger partial charge in [0.15, 0.2) is 5.78 Å². The highest BCUT2D eigenvalue weighted by molar-refractivity contribution is 8.00. The van der Waals surface area contributed by atoms with Crippen LogP contribution in [0.25, 0.3) is 0 Å². The van der Waals surface area contributed by atoms with Crippen LogP contribution in [0.2, 0.25) is 0 Å². The standard InChI is InChI=1S/C41H58N6O7S/c1-41(2,3)54-40(53)46-31(17-11-14-26-43-37(50)30-22-20-29(21-23-30)36(49)28-15-7-6-8-16-28)38(51)44-25-13-5-4-12-24-42-34(48)19-10-9-18-33-35-32(27-55-33)45-39(52)47-35/h6-8,15-16,20-23,31-33,35H,4-5,9-14,17-19,24-27H2,1-3H3,(H,42,48)(H,43,50)(H,44,51)(H,46,53)(H2,45,47,52)/t31-,32?,33-,35?/m0/s1. The number of ether oxygens (including phenoxy) is 1. The van der Waals surface area contributed by atoms with Crippen molar-refractivity contribution < 1.29 is 33.5 Å². The number of carbonyl (C=O) groups excluding carboxylic acids is 6. The van der Waals surface area contributed by atoms with E-state index >= 15 is 0 Å². The van der Waals surface area contributed by atoms with Gasteiger partial charge in [0.1, 0.15) is 11.6 Å². The summed E-state index contributed by atoms with van der Waals surface area (Å²) in [6, 6.07) is 15.1. The Morgan fingerprint density at radius 2 is 1.40 bits per heavy atom. The number of unbranched alkanes of at least 4 members (excludes halogenated alkanes) is 5. The van der Waals surface area contributed by atoms with Crippen molar-refractivity contribution in [2.75, 3.05) is 25.4 Å². The fourth-order valence-electron chi connectivity index (χ4n) is 6.55. The van der Waals surface area contributed by atoms with Gasteiger partial charge in [-0.3, -0.25) is 19.2 Å². The SMILES string of the molecule is CC(C)(C)OC(=O)N[C@@H](CCCCNC(=O)c1ccc(C(=O)c2ccccc2)cc1)C(=O)NCCCCCCNC(=O)CCCC[C@@H]1SCC2NC(=O)NC21. The molecule has 0 aromatic heterocycles. The fourth-order valence-corrected chi connectivity index (χ4v) is 8.10. The van der Waals surface area contributed by atoms with Crippen molar-refractivity contribution in [2.45, 2.75) is 120 Å². The first-order valence-corrected chi connectivity index (χ1v) is 20.6. The van der Waals surface area contributed by atoms with Crippen LogP contribution >= 0.6 is 11.8 Å². The maximum Gasteiger partial charge on any atom is 0.408 e. The number of alkyl carbamates (subject to hydrolysis) is 1. The summed E-state index contributed by atoms with van der Waals surface area (Å²) in [5.41, 5.74) is 0.812. The van der Waals surface area contributed by atoms with E-state index in [1.54, 1.807) is 69.3 Å². The van der Waals surface area contributed by atoms with Gasteiger partial charge < -0.3 is 36.6 Å². The van der Waals surface area contributed by atoms with E-state index in [9.17, 15) is 28.8 Å². The Balaban J connectivity index is 1.06. The smallest absolute Gasteiger partial charge is 0.408 e. The second kappa shape index (κ2) is 22.1. The largest absolute Gasteiger partial charge is 0.444 e. The number of ketones is 1. The van der Waals surface area contributed by atoms with E-state index in [-0.39, 0.29) is 41.6 Å². The minimum Gasteiger partial charge on any atom is -0.444 e. The van der Waals surface area contributed by atoms with Crippen molar-refractivity contribution in [2.24, 2.45) is 0 Å². The molecule has 4 rings (SSSR count). The Morgan fingerprint density at radius 1 is 0.764 bits per heavy atom. The first-order valence-electron chi connectivity index (χ1n) is 19.6. The Labute approximate surface area is 329 Å². The third-order valence-electron chi connectivity index (χ3n) is 9.46. The number of rotatable bonds is 22. The van der Waals surface area contributed by atoms with Crippen LogP contribution in [-0.2, 0) is 14.3 Å². The third-order valence-corrected chi connectivity index (χ3v) is 11.0. The average molecular weight is 779 g/mol. The molecule has 13 nitrogen and oxygen atoms in total. The molecular formula is C41H58N6O7S. The molecule has 0 spiro atoms. The molecule has 14 heteroatoms. The number of benzene rings is 2. The van der Waals surface area contributed by atoms with Crippen molar-refractivity contribution in [3.63, 3.8) is 0 Å². The quantitative estimate of drug-likeness (QED) is 0.0534. The Hall–Kier alpha value is -4.59. The molecule has 2 aliphatic rings. The summed E-state index contributed by atoms with van der Waals surface area (Å²) >= 11 is 1.89. The van der Waals surface area contributed by atoms with Gasteiger partial charge in [0, 0.05) is 53.7 Å². The number of amides is 6. The number of hydrogen-bond acceptors (Lipinski definition) is 8. The molecule has 4 atom stereocenters. The van der Waals surface area contributed by atoms with Gasteiger partial charge in [-0.15, -0.1) is 0 Å². The Bertz CT molecular complexity index is 1580. The maximum absolute atomic E-state index is 13.1. The minimum atomic E-state index is -0.787. The van der Waals surface area contributed by atoms with Crippen LogP contribution in [-0.4, -0.2) is 90.0 Å². The second-order valence-corrected chi connectivity index (χ2v) is 16.4. The van der Waals surface area contributed by atoms with E-state index in [1.165, 1.54) is 0 Å². The third kappa shape index (κ3) is 15.2. The Kier molecular flexibility index (Phi) is 17.3. The zero-order chi connectivity index (χ0) is 39.6. The van der Waals surface area contributed by atoms with Crippen molar-refractivity contribution in [3.05, 3.63) is 71.3 Å². The molecule has 6 N–H and O–H groups in total. The van der Waals surface area contributed by atoms with E-state index in [0.29, 0.717) is 67.3 Å². The van der Waals surface area contributed by atoms with Gasteiger partial charge in [-0.25, -0.2) is 9.59 Å². The lowest BCUT2D eigenvalue weighted by atomic mass is 10.0. The number of urea groups is 1. The molecule has 300 valence electrons. The molecule has 2 aliphatic heterocycles. The summed E-state index contributed by atoms with van der Waals surface area (Å²) in [6.07, 6.45) is 7.57. The van der Waals surface area contributed by atoms with Crippen LogP contribution in [0.4, 0.5) is 9.59 Å². The van der Waals surface area contributed by atoms with Crippen molar-refractivity contribution in [1.82, 2.24) is 31.9 Å². The van der Waals surface area contributed by atoms with Crippen LogP contribution in [0, 0.1) is 0 Å². The molecule has 2 heterocycles. The van der Waals surface area contributed by atoms with Crippen molar-refractivity contribution >= 4 is 47.4 Å². The summed E-state index contributed by atoms with van der Waals surface area (Å²) in [4.78, 5) is 74.7.